The monoisotopic (exact) mass is 285 g/mol. The average molecular weight is 285 g/mol. The fourth-order valence-electron chi connectivity index (χ4n) is 2.68. The third kappa shape index (κ3) is 4.31. The Balaban J connectivity index is 1.97. The molecule has 0 aromatic carbocycles. The molecule has 1 aromatic heterocycles. The highest BCUT2D eigenvalue weighted by Crippen LogP contribution is 2.25. The van der Waals surface area contributed by atoms with Gasteiger partial charge < -0.3 is 9.88 Å². The van der Waals surface area contributed by atoms with Crippen LogP contribution >= 0.6 is 0 Å². The van der Waals surface area contributed by atoms with Crippen LogP contribution in [0.15, 0.2) is 12.5 Å². The zero-order valence-electron chi connectivity index (χ0n) is 11.7. The molecule has 0 bridgehead atoms. The van der Waals surface area contributed by atoms with Gasteiger partial charge in [0.25, 0.3) is 0 Å². The van der Waals surface area contributed by atoms with Crippen molar-refractivity contribution in [3.05, 3.63) is 18.2 Å². The molecule has 0 spiro atoms. The number of hydrogen-bond acceptors (Lipinski definition) is 4. The van der Waals surface area contributed by atoms with E-state index >= 15 is 0 Å². The maximum Gasteiger partial charge on any atom is 0.147 e. The lowest BCUT2D eigenvalue weighted by Crippen LogP contribution is -2.35. The number of rotatable bonds is 5. The van der Waals surface area contributed by atoms with Gasteiger partial charge in [-0.1, -0.05) is 0 Å². The Morgan fingerprint density at radius 1 is 1.47 bits per heavy atom. The predicted molar refractivity (Wildman–Crippen MR) is 75.7 cm³/mol. The summed E-state index contributed by atoms with van der Waals surface area (Å²) in [6.07, 6.45) is 9.21. The first-order chi connectivity index (χ1) is 8.96. The molecule has 19 heavy (non-hydrogen) atoms. The minimum atomic E-state index is -2.87. The van der Waals surface area contributed by atoms with Gasteiger partial charge >= 0.3 is 0 Å². The van der Waals surface area contributed by atoms with E-state index in [0.29, 0.717) is 18.5 Å². The van der Waals surface area contributed by atoms with E-state index in [9.17, 15) is 8.42 Å². The Bertz CT molecular complexity index is 510. The molecule has 2 atom stereocenters. The second-order valence-electron chi connectivity index (χ2n) is 5.55. The quantitative estimate of drug-likeness (QED) is 0.891. The van der Waals surface area contributed by atoms with Crippen molar-refractivity contribution in [2.75, 3.05) is 12.0 Å². The van der Waals surface area contributed by atoms with Crippen LogP contribution in [0.2, 0.25) is 0 Å². The number of hydrogen-bond donors (Lipinski definition) is 1. The van der Waals surface area contributed by atoms with Gasteiger partial charge in [-0.15, -0.1) is 0 Å². The minimum Gasteiger partial charge on any atom is -0.333 e. The summed E-state index contributed by atoms with van der Waals surface area (Å²) in [7, 11) is -2.87. The molecular weight excluding hydrogens is 262 g/mol. The van der Waals surface area contributed by atoms with Gasteiger partial charge in [0.15, 0.2) is 0 Å². The fourth-order valence-corrected chi connectivity index (χ4v) is 3.33. The molecule has 1 fully saturated rings. The molecule has 2 rings (SSSR count). The molecule has 6 heteroatoms. The Labute approximate surface area is 115 Å². The Hall–Kier alpha value is -0.880. The third-order valence-corrected chi connectivity index (χ3v) is 4.66. The Morgan fingerprint density at radius 2 is 2.26 bits per heavy atom. The molecule has 1 aromatic rings. The summed E-state index contributed by atoms with van der Waals surface area (Å²) in [5.74, 6) is 0.235. The van der Waals surface area contributed by atoms with E-state index in [-0.39, 0.29) is 5.75 Å². The zero-order chi connectivity index (χ0) is 13.9. The molecule has 0 saturated carbocycles. The Morgan fingerprint density at radius 3 is 2.95 bits per heavy atom. The first kappa shape index (κ1) is 14.5. The van der Waals surface area contributed by atoms with Gasteiger partial charge in [0.1, 0.15) is 9.84 Å². The average Bonchev–Trinajstić information content (AvgIpc) is 2.75. The van der Waals surface area contributed by atoms with Gasteiger partial charge in [0.2, 0.25) is 0 Å². The topological polar surface area (TPSA) is 64.0 Å². The van der Waals surface area contributed by atoms with E-state index in [4.69, 9.17) is 0 Å². The number of sulfone groups is 1. The maximum atomic E-state index is 11.2. The number of imidazole rings is 1. The molecule has 5 nitrogen and oxygen atoms in total. The summed E-state index contributed by atoms with van der Waals surface area (Å²) in [6, 6.07) is 0.891. The zero-order valence-corrected chi connectivity index (χ0v) is 12.5. The van der Waals surface area contributed by atoms with E-state index in [0.717, 1.165) is 13.0 Å². The van der Waals surface area contributed by atoms with Gasteiger partial charge in [-0.2, -0.15) is 0 Å². The highest BCUT2D eigenvalue weighted by Gasteiger charge is 2.22. The maximum absolute atomic E-state index is 11.2. The number of nitrogens with zero attached hydrogens (tertiary/aromatic N) is 2. The standard InChI is InChI=1S/C13H23N3O2S/c1-11-5-3-6-12(15-11)13-9-14-10-16(13)7-4-8-19(2,17)18/h9-12,15H,3-8H2,1-2H3. The van der Waals surface area contributed by atoms with Crippen LogP contribution in [0, 0.1) is 0 Å². The van der Waals surface area contributed by atoms with Crippen LogP contribution in [0.25, 0.3) is 0 Å². The lowest BCUT2D eigenvalue weighted by atomic mass is 9.97. The number of aryl methyl sites for hydroxylation is 1. The molecule has 1 saturated heterocycles. The van der Waals surface area contributed by atoms with Crippen LogP contribution in [-0.4, -0.2) is 36.0 Å². The third-order valence-electron chi connectivity index (χ3n) is 3.63. The highest BCUT2D eigenvalue weighted by atomic mass is 32.2. The molecule has 108 valence electrons. The van der Waals surface area contributed by atoms with Crippen molar-refractivity contribution in [3.63, 3.8) is 0 Å². The first-order valence-electron chi connectivity index (χ1n) is 6.89. The summed E-state index contributed by atoms with van der Waals surface area (Å²) in [6.45, 7) is 2.92. The lowest BCUT2D eigenvalue weighted by molar-refractivity contribution is 0.329. The van der Waals surface area contributed by atoms with Crippen molar-refractivity contribution in [2.24, 2.45) is 0 Å². The van der Waals surface area contributed by atoms with E-state index in [1.807, 2.05) is 6.20 Å². The number of piperidine rings is 1. The fraction of sp³-hybridized carbons (Fsp3) is 0.769. The molecule has 2 unspecified atom stereocenters. The van der Waals surface area contributed by atoms with Crippen LogP contribution < -0.4 is 5.32 Å². The van der Waals surface area contributed by atoms with Gasteiger partial charge in [-0.05, 0) is 32.6 Å². The molecule has 1 aliphatic heterocycles. The minimum absolute atomic E-state index is 0.235. The van der Waals surface area contributed by atoms with E-state index in [1.165, 1.54) is 24.8 Å². The van der Waals surface area contributed by atoms with Crippen molar-refractivity contribution in [1.82, 2.24) is 14.9 Å². The summed E-state index contributed by atoms with van der Waals surface area (Å²) in [5.41, 5.74) is 1.18. The second-order valence-corrected chi connectivity index (χ2v) is 7.81. The molecule has 0 aliphatic carbocycles. The van der Waals surface area contributed by atoms with Crippen molar-refractivity contribution >= 4 is 9.84 Å². The predicted octanol–water partition coefficient (Wildman–Crippen LogP) is 1.52. The van der Waals surface area contributed by atoms with Gasteiger partial charge in [-0.3, -0.25) is 0 Å². The van der Waals surface area contributed by atoms with Gasteiger partial charge in [0, 0.05) is 31.1 Å². The van der Waals surface area contributed by atoms with Gasteiger partial charge in [0.05, 0.1) is 17.8 Å². The molecular formula is C13H23N3O2S. The smallest absolute Gasteiger partial charge is 0.147 e. The SMILES string of the molecule is CC1CCCC(c2cncn2CCCS(C)(=O)=O)N1. The summed E-state index contributed by atoms with van der Waals surface area (Å²) in [5, 5.41) is 3.59. The van der Waals surface area contributed by atoms with Crippen LogP contribution in [0.3, 0.4) is 0 Å². The van der Waals surface area contributed by atoms with Crippen molar-refractivity contribution < 1.29 is 8.42 Å². The van der Waals surface area contributed by atoms with Crippen molar-refractivity contribution in [2.45, 2.75) is 51.2 Å². The van der Waals surface area contributed by atoms with Crippen molar-refractivity contribution in [3.8, 4) is 0 Å². The summed E-state index contributed by atoms with van der Waals surface area (Å²) < 4.78 is 24.4. The van der Waals surface area contributed by atoms with Crippen LogP contribution in [0.5, 0.6) is 0 Å². The highest BCUT2D eigenvalue weighted by molar-refractivity contribution is 7.90. The van der Waals surface area contributed by atoms with Crippen LogP contribution in [0.4, 0.5) is 0 Å². The summed E-state index contributed by atoms with van der Waals surface area (Å²) >= 11 is 0. The van der Waals surface area contributed by atoms with Crippen LogP contribution in [-0.2, 0) is 16.4 Å². The largest absolute Gasteiger partial charge is 0.333 e. The Kier molecular flexibility index (Phi) is 4.62. The second kappa shape index (κ2) is 6.05. The van der Waals surface area contributed by atoms with Gasteiger partial charge in [-0.25, -0.2) is 13.4 Å². The van der Waals surface area contributed by atoms with Crippen LogP contribution in [0.1, 0.15) is 44.3 Å². The lowest BCUT2D eigenvalue weighted by Gasteiger charge is -2.29. The summed E-state index contributed by atoms with van der Waals surface area (Å²) in [4.78, 5) is 4.21. The first-order valence-corrected chi connectivity index (χ1v) is 8.95. The molecule has 0 amide bonds. The molecule has 0 radical (unpaired) electrons. The normalized spacial score (nSPS) is 24.5. The van der Waals surface area contributed by atoms with E-state index in [2.05, 4.69) is 21.8 Å². The molecule has 2 heterocycles. The number of aromatic nitrogens is 2. The van der Waals surface area contributed by atoms with Crippen molar-refractivity contribution in [1.29, 1.82) is 0 Å². The molecule has 1 aliphatic rings. The number of nitrogens with one attached hydrogen (secondary N) is 1. The van der Waals surface area contributed by atoms with E-state index < -0.39 is 9.84 Å². The van der Waals surface area contributed by atoms with E-state index in [1.54, 1.807) is 6.33 Å². The molecule has 1 N–H and O–H groups in total.